The van der Waals surface area contributed by atoms with Crippen molar-refractivity contribution < 1.29 is 9.59 Å². The molecule has 2 amide bonds. The average molecular weight is 375 g/mol. The van der Waals surface area contributed by atoms with Gasteiger partial charge in [-0.1, -0.05) is 17.7 Å². The number of hydrogen-bond donors (Lipinski definition) is 0. The van der Waals surface area contributed by atoms with E-state index in [2.05, 4.69) is 11.4 Å². The first kappa shape index (κ1) is 16.6. The second-order valence-corrected chi connectivity index (χ2v) is 7.93. The summed E-state index contributed by atoms with van der Waals surface area (Å²) in [6, 6.07) is 9.64. The number of rotatable bonds is 5. The lowest BCUT2D eigenvalue weighted by atomic mass is 10.1. The molecule has 0 spiro atoms. The number of hydrogen-bond acceptors (Lipinski definition) is 3. The Balaban J connectivity index is 1.49. The summed E-state index contributed by atoms with van der Waals surface area (Å²) in [6.07, 6.45) is 2.40. The van der Waals surface area contributed by atoms with E-state index in [1.165, 1.54) is 5.56 Å². The third kappa shape index (κ3) is 3.58. The van der Waals surface area contributed by atoms with E-state index in [1.807, 2.05) is 22.4 Å². The highest BCUT2D eigenvalue weighted by molar-refractivity contribution is 7.07. The summed E-state index contributed by atoms with van der Waals surface area (Å²) >= 11 is 7.68. The number of benzene rings is 1. The monoisotopic (exact) mass is 374 g/mol. The molecule has 2 aliphatic rings. The van der Waals surface area contributed by atoms with Gasteiger partial charge in [-0.15, -0.1) is 0 Å². The normalized spacial score (nSPS) is 20.1. The fourth-order valence-corrected chi connectivity index (χ4v) is 4.20. The van der Waals surface area contributed by atoms with Crippen LogP contribution in [-0.2, 0) is 16.1 Å². The molecule has 0 bridgehead atoms. The molecule has 4 rings (SSSR count). The first-order valence-corrected chi connectivity index (χ1v) is 9.81. The minimum Gasteiger partial charge on any atom is -0.335 e. The second kappa shape index (κ2) is 6.81. The summed E-state index contributed by atoms with van der Waals surface area (Å²) in [6.45, 7) is 1.08. The van der Waals surface area contributed by atoms with E-state index in [1.54, 1.807) is 28.4 Å². The maximum atomic E-state index is 13.1. The molecule has 4 nitrogen and oxygen atoms in total. The van der Waals surface area contributed by atoms with E-state index in [0.29, 0.717) is 24.2 Å². The Labute approximate surface area is 156 Å². The van der Waals surface area contributed by atoms with Crippen molar-refractivity contribution in [1.82, 2.24) is 4.90 Å². The molecule has 1 unspecified atom stereocenters. The molecule has 1 aliphatic heterocycles. The Morgan fingerprint density at radius 3 is 2.84 bits per heavy atom. The maximum Gasteiger partial charge on any atom is 0.228 e. The highest BCUT2D eigenvalue weighted by Crippen LogP contribution is 2.33. The molecular formula is C19H19ClN2O2S. The molecule has 6 heteroatoms. The molecule has 1 aromatic heterocycles. The molecule has 0 radical (unpaired) electrons. The summed E-state index contributed by atoms with van der Waals surface area (Å²) in [5.74, 6) is -0.177. The van der Waals surface area contributed by atoms with Gasteiger partial charge >= 0.3 is 0 Å². The number of anilines is 1. The first-order chi connectivity index (χ1) is 12.1. The first-order valence-electron chi connectivity index (χ1n) is 8.49. The summed E-state index contributed by atoms with van der Waals surface area (Å²) in [5, 5.41) is 4.71. The predicted molar refractivity (Wildman–Crippen MR) is 99.8 cm³/mol. The Kier molecular flexibility index (Phi) is 4.52. The van der Waals surface area contributed by atoms with Gasteiger partial charge in [0.2, 0.25) is 11.8 Å². The standard InChI is InChI=1S/C19H19ClN2O2S/c20-15-2-1-3-17(9-15)21-11-14(8-18(21)23)19(24)22(16-4-5-16)10-13-6-7-25-12-13/h1-3,6-7,9,12,14,16H,4-5,8,10-11H2. The third-order valence-corrected chi connectivity index (χ3v) is 5.77. The molecule has 2 fully saturated rings. The van der Waals surface area contributed by atoms with Crippen LogP contribution in [0.25, 0.3) is 0 Å². The van der Waals surface area contributed by atoms with Crippen LogP contribution in [0.3, 0.4) is 0 Å². The molecule has 1 atom stereocenters. The van der Waals surface area contributed by atoms with Gasteiger partial charge in [-0.3, -0.25) is 9.59 Å². The lowest BCUT2D eigenvalue weighted by Crippen LogP contribution is -2.38. The highest BCUT2D eigenvalue weighted by atomic mass is 35.5. The Morgan fingerprint density at radius 2 is 2.16 bits per heavy atom. The summed E-state index contributed by atoms with van der Waals surface area (Å²) in [5.41, 5.74) is 1.94. The minimum atomic E-state index is -0.272. The van der Waals surface area contributed by atoms with Crippen molar-refractivity contribution in [1.29, 1.82) is 0 Å². The second-order valence-electron chi connectivity index (χ2n) is 6.71. The molecule has 1 saturated heterocycles. The van der Waals surface area contributed by atoms with Crippen molar-refractivity contribution in [2.45, 2.75) is 31.8 Å². The van der Waals surface area contributed by atoms with Crippen LogP contribution >= 0.6 is 22.9 Å². The van der Waals surface area contributed by atoms with Gasteiger partial charge in [0.05, 0.1) is 5.92 Å². The van der Waals surface area contributed by atoms with Crippen LogP contribution in [0, 0.1) is 5.92 Å². The number of amides is 2. The number of halogens is 1. The molecular weight excluding hydrogens is 356 g/mol. The van der Waals surface area contributed by atoms with Gasteiger partial charge in [-0.05, 0) is 53.4 Å². The molecule has 2 heterocycles. The number of carbonyl (C=O) groups excluding carboxylic acids is 2. The zero-order valence-corrected chi connectivity index (χ0v) is 15.3. The lowest BCUT2D eigenvalue weighted by molar-refractivity contribution is -0.137. The zero-order chi connectivity index (χ0) is 17.4. The van der Waals surface area contributed by atoms with E-state index in [9.17, 15) is 9.59 Å². The average Bonchev–Trinajstić information content (AvgIpc) is 3.16. The van der Waals surface area contributed by atoms with Crippen LogP contribution in [0.15, 0.2) is 41.1 Å². The van der Waals surface area contributed by atoms with Gasteiger partial charge in [0.1, 0.15) is 0 Å². The van der Waals surface area contributed by atoms with Gasteiger partial charge in [-0.2, -0.15) is 11.3 Å². The zero-order valence-electron chi connectivity index (χ0n) is 13.7. The molecule has 25 heavy (non-hydrogen) atoms. The van der Waals surface area contributed by atoms with Crippen LogP contribution in [0.2, 0.25) is 5.02 Å². The van der Waals surface area contributed by atoms with Crippen LogP contribution < -0.4 is 4.90 Å². The van der Waals surface area contributed by atoms with Crippen LogP contribution in [0.4, 0.5) is 5.69 Å². The molecule has 1 saturated carbocycles. The molecule has 2 aromatic rings. The molecule has 1 aliphatic carbocycles. The summed E-state index contributed by atoms with van der Waals surface area (Å²) in [7, 11) is 0. The Bertz CT molecular complexity index is 788. The summed E-state index contributed by atoms with van der Waals surface area (Å²) in [4.78, 5) is 29.2. The van der Waals surface area contributed by atoms with Gasteiger partial charge in [-0.25, -0.2) is 0 Å². The number of nitrogens with zero attached hydrogens (tertiary/aromatic N) is 2. The maximum absolute atomic E-state index is 13.1. The van der Waals surface area contributed by atoms with E-state index in [0.717, 1.165) is 18.5 Å². The van der Waals surface area contributed by atoms with Crippen molar-refractivity contribution in [3.05, 3.63) is 51.7 Å². The number of carbonyl (C=O) groups is 2. The SMILES string of the molecule is O=C1CC(C(=O)N(Cc2ccsc2)C2CC2)CN1c1cccc(Cl)c1. The van der Waals surface area contributed by atoms with Crippen LogP contribution in [0.1, 0.15) is 24.8 Å². The molecule has 130 valence electrons. The lowest BCUT2D eigenvalue weighted by Gasteiger charge is -2.25. The van der Waals surface area contributed by atoms with E-state index in [-0.39, 0.29) is 24.2 Å². The van der Waals surface area contributed by atoms with Gasteiger partial charge in [0.15, 0.2) is 0 Å². The van der Waals surface area contributed by atoms with Crippen LogP contribution in [0.5, 0.6) is 0 Å². The third-order valence-electron chi connectivity index (χ3n) is 4.80. The highest BCUT2D eigenvalue weighted by Gasteiger charge is 2.41. The Hall–Kier alpha value is -1.85. The van der Waals surface area contributed by atoms with E-state index in [4.69, 9.17) is 11.6 Å². The van der Waals surface area contributed by atoms with E-state index >= 15 is 0 Å². The van der Waals surface area contributed by atoms with E-state index < -0.39 is 0 Å². The Morgan fingerprint density at radius 1 is 1.32 bits per heavy atom. The van der Waals surface area contributed by atoms with Gasteiger partial charge in [0.25, 0.3) is 0 Å². The fourth-order valence-electron chi connectivity index (χ4n) is 3.35. The smallest absolute Gasteiger partial charge is 0.228 e. The van der Waals surface area contributed by atoms with Crippen molar-refractivity contribution in [3.63, 3.8) is 0 Å². The molecule has 0 N–H and O–H groups in total. The fraction of sp³-hybridized carbons (Fsp3) is 0.368. The minimum absolute atomic E-state index is 0.00750. The quantitative estimate of drug-likeness (QED) is 0.795. The van der Waals surface area contributed by atoms with Gasteiger partial charge < -0.3 is 9.80 Å². The van der Waals surface area contributed by atoms with Crippen LogP contribution in [-0.4, -0.2) is 29.3 Å². The summed E-state index contributed by atoms with van der Waals surface area (Å²) < 4.78 is 0. The molecule has 1 aromatic carbocycles. The van der Waals surface area contributed by atoms with Crippen molar-refractivity contribution in [3.8, 4) is 0 Å². The predicted octanol–water partition coefficient (Wildman–Crippen LogP) is 3.95. The van der Waals surface area contributed by atoms with Crippen molar-refractivity contribution >= 4 is 40.4 Å². The van der Waals surface area contributed by atoms with Crippen molar-refractivity contribution in [2.75, 3.05) is 11.4 Å². The largest absolute Gasteiger partial charge is 0.335 e. The van der Waals surface area contributed by atoms with Gasteiger partial charge in [0, 0.05) is 36.3 Å². The number of thiophene rings is 1. The van der Waals surface area contributed by atoms with Crippen molar-refractivity contribution in [2.24, 2.45) is 5.92 Å². The topological polar surface area (TPSA) is 40.6 Å².